The van der Waals surface area contributed by atoms with Gasteiger partial charge in [-0.1, -0.05) is 78.1 Å². The quantitative estimate of drug-likeness (QED) is 0.340. The topological polar surface area (TPSA) is 33.2 Å². The molecule has 5 heteroatoms. The second-order valence-electron chi connectivity index (χ2n) is 7.01. The van der Waals surface area contributed by atoms with Crippen molar-refractivity contribution < 1.29 is 9.18 Å². The summed E-state index contributed by atoms with van der Waals surface area (Å²) in [5.41, 5.74) is 2.30. The van der Waals surface area contributed by atoms with Gasteiger partial charge in [0.1, 0.15) is 5.82 Å². The molecule has 146 valence electrons. The smallest absolute Gasteiger partial charge is 0.261 e. The van der Waals surface area contributed by atoms with Gasteiger partial charge in [0.05, 0.1) is 16.8 Å². The van der Waals surface area contributed by atoms with Gasteiger partial charge >= 0.3 is 0 Å². The Bertz CT molecular complexity index is 1360. The van der Waals surface area contributed by atoms with Crippen LogP contribution >= 0.6 is 11.3 Å². The summed E-state index contributed by atoms with van der Waals surface area (Å²) in [4.78, 5) is 20.0. The minimum atomic E-state index is -0.312. The van der Waals surface area contributed by atoms with Gasteiger partial charge in [-0.2, -0.15) is 0 Å². The molecule has 30 heavy (non-hydrogen) atoms. The molecule has 0 spiro atoms. The zero-order valence-corrected chi connectivity index (χ0v) is 16.8. The van der Waals surface area contributed by atoms with Crippen LogP contribution in [0.2, 0.25) is 0 Å². The van der Waals surface area contributed by atoms with E-state index in [-0.39, 0.29) is 11.7 Å². The lowest BCUT2D eigenvalue weighted by Gasteiger charge is -2.21. The van der Waals surface area contributed by atoms with Crippen LogP contribution in [0.3, 0.4) is 0 Å². The number of nitrogens with zero attached hydrogens (tertiary/aromatic N) is 2. The molecule has 0 fully saturated rings. The van der Waals surface area contributed by atoms with E-state index in [1.165, 1.54) is 23.5 Å². The minimum Gasteiger partial charge on any atom is -0.279 e. The van der Waals surface area contributed by atoms with Gasteiger partial charge in [-0.25, -0.2) is 9.37 Å². The molecule has 0 atom stereocenters. The first-order valence-electron chi connectivity index (χ1n) is 9.59. The fourth-order valence-corrected chi connectivity index (χ4v) is 4.54. The molecule has 0 saturated heterocycles. The number of amides is 1. The Labute approximate surface area is 177 Å². The number of halogens is 1. The van der Waals surface area contributed by atoms with Crippen LogP contribution in [-0.4, -0.2) is 10.9 Å². The Balaban J connectivity index is 1.63. The number of fused-ring (bicyclic) bond motifs is 2. The summed E-state index contributed by atoms with van der Waals surface area (Å²) in [6, 6.07) is 27.9. The van der Waals surface area contributed by atoms with Gasteiger partial charge in [-0.05, 0) is 40.6 Å². The summed E-state index contributed by atoms with van der Waals surface area (Å²) in [6.45, 7) is 0.380. The highest BCUT2D eigenvalue weighted by Crippen LogP contribution is 2.32. The van der Waals surface area contributed by atoms with Gasteiger partial charge < -0.3 is 0 Å². The van der Waals surface area contributed by atoms with Crippen molar-refractivity contribution in [2.75, 3.05) is 4.90 Å². The van der Waals surface area contributed by atoms with E-state index in [0.29, 0.717) is 27.5 Å². The highest BCUT2D eigenvalue weighted by Gasteiger charge is 2.23. The van der Waals surface area contributed by atoms with Crippen LogP contribution in [0.25, 0.3) is 21.0 Å². The molecule has 0 aliphatic heterocycles. The third-order valence-corrected chi connectivity index (χ3v) is 6.06. The number of anilines is 1. The maximum atomic E-state index is 13.7. The Morgan fingerprint density at radius 1 is 0.900 bits per heavy atom. The van der Waals surface area contributed by atoms with Crippen molar-refractivity contribution in [2.24, 2.45) is 0 Å². The molecule has 1 heterocycles. The van der Waals surface area contributed by atoms with Crippen LogP contribution in [0.15, 0.2) is 91.0 Å². The third kappa shape index (κ3) is 3.44. The first-order valence-corrected chi connectivity index (χ1v) is 10.4. The third-order valence-electron chi connectivity index (χ3n) is 5.02. The van der Waals surface area contributed by atoms with E-state index in [9.17, 15) is 9.18 Å². The average Bonchev–Trinajstić information content (AvgIpc) is 3.20. The first kappa shape index (κ1) is 18.5. The summed E-state index contributed by atoms with van der Waals surface area (Å²) in [6.07, 6.45) is 0. The monoisotopic (exact) mass is 412 g/mol. The van der Waals surface area contributed by atoms with Crippen molar-refractivity contribution in [3.8, 4) is 0 Å². The summed E-state index contributed by atoms with van der Waals surface area (Å²) < 4.78 is 14.4. The number of carbonyl (C=O) groups excluding carboxylic acids is 1. The maximum absolute atomic E-state index is 13.7. The Morgan fingerprint density at radius 3 is 2.53 bits per heavy atom. The predicted molar refractivity (Wildman–Crippen MR) is 120 cm³/mol. The molecule has 4 aromatic carbocycles. The van der Waals surface area contributed by atoms with E-state index in [0.717, 1.165) is 16.3 Å². The van der Waals surface area contributed by atoms with Crippen molar-refractivity contribution in [1.82, 2.24) is 4.98 Å². The van der Waals surface area contributed by atoms with Crippen LogP contribution in [-0.2, 0) is 6.54 Å². The lowest BCUT2D eigenvalue weighted by molar-refractivity contribution is 0.0986. The van der Waals surface area contributed by atoms with Gasteiger partial charge in [0.15, 0.2) is 5.13 Å². The number of benzene rings is 4. The van der Waals surface area contributed by atoms with Gasteiger partial charge in [-0.15, -0.1) is 0 Å². The van der Waals surface area contributed by atoms with Crippen LogP contribution in [0.1, 0.15) is 15.9 Å². The predicted octanol–water partition coefficient (Wildman–Crippen LogP) is 6.44. The van der Waals surface area contributed by atoms with Crippen LogP contribution < -0.4 is 4.90 Å². The van der Waals surface area contributed by atoms with Gasteiger partial charge in [0.2, 0.25) is 0 Å². The molecule has 0 radical (unpaired) electrons. The zero-order chi connectivity index (χ0) is 20.5. The first-order chi connectivity index (χ1) is 14.7. The highest BCUT2D eigenvalue weighted by atomic mass is 32.1. The molecule has 1 aromatic heterocycles. The number of rotatable bonds is 4. The minimum absolute atomic E-state index is 0.129. The van der Waals surface area contributed by atoms with Crippen molar-refractivity contribution in [3.05, 3.63) is 108 Å². The molecule has 0 bridgehead atoms. The summed E-state index contributed by atoms with van der Waals surface area (Å²) in [5.74, 6) is -0.442. The number of hydrogen-bond acceptors (Lipinski definition) is 3. The van der Waals surface area contributed by atoms with Gasteiger partial charge in [0.25, 0.3) is 5.91 Å². The summed E-state index contributed by atoms with van der Waals surface area (Å²) in [5, 5.41) is 2.46. The molecule has 3 nitrogen and oxygen atoms in total. The number of thiazole rings is 1. The number of aromatic nitrogens is 1. The van der Waals surface area contributed by atoms with E-state index < -0.39 is 0 Å². The Morgan fingerprint density at radius 2 is 1.67 bits per heavy atom. The number of hydrogen-bond donors (Lipinski definition) is 0. The molecule has 5 rings (SSSR count). The van der Waals surface area contributed by atoms with E-state index in [1.807, 2.05) is 72.8 Å². The molecule has 0 N–H and O–H groups in total. The molecule has 0 saturated carbocycles. The van der Waals surface area contributed by atoms with Gasteiger partial charge in [0, 0.05) is 5.56 Å². The second kappa shape index (κ2) is 7.69. The molecular weight excluding hydrogens is 395 g/mol. The Hall–Kier alpha value is -3.57. The SMILES string of the molecule is O=C(c1cccc2ccccc12)N(Cc1ccccc1)c1nc2ccc(F)cc2s1. The lowest BCUT2D eigenvalue weighted by atomic mass is 10.0. The van der Waals surface area contributed by atoms with Crippen molar-refractivity contribution in [2.45, 2.75) is 6.54 Å². The van der Waals surface area contributed by atoms with E-state index in [2.05, 4.69) is 4.98 Å². The standard InChI is InChI=1S/C25H17FN2OS/c26-19-13-14-22-23(15-19)30-25(27-22)28(16-17-7-2-1-3-8-17)24(29)21-12-6-10-18-9-4-5-11-20(18)21/h1-15H,16H2. The van der Waals surface area contributed by atoms with Crippen molar-refractivity contribution in [3.63, 3.8) is 0 Å². The Kier molecular flexibility index (Phi) is 4.73. The molecule has 1 amide bonds. The molecular formula is C25H17FN2OS. The largest absolute Gasteiger partial charge is 0.279 e. The van der Waals surface area contributed by atoms with Crippen molar-refractivity contribution >= 4 is 43.4 Å². The lowest BCUT2D eigenvalue weighted by Crippen LogP contribution is -2.30. The van der Waals surface area contributed by atoms with Crippen LogP contribution in [0.4, 0.5) is 9.52 Å². The number of carbonyl (C=O) groups is 1. The molecule has 0 unspecified atom stereocenters. The summed E-state index contributed by atoms with van der Waals surface area (Å²) in [7, 11) is 0. The maximum Gasteiger partial charge on any atom is 0.261 e. The fourth-order valence-electron chi connectivity index (χ4n) is 3.55. The second-order valence-corrected chi connectivity index (χ2v) is 8.02. The normalized spacial score (nSPS) is 11.1. The van der Waals surface area contributed by atoms with E-state index in [4.69, 9.17) is 0 Å². The molecule has 5 aromatic rings. The fraction of sp³-hybridized carbons (Fsp3) is 0.0400. The van der Waals surface area contributed by atoms with E-state index >= 15 is 0 Å². The zero-order valence-electron chi connectivity index (χ0n) is 16.0. The summed E-state index contributed by atoms with van der Waals surface area (Å²) >= 11 is 1.32. The van der Waals surface area contributed by atoms with Crippen molar-refractivity contribution in [1.29, 1.82) is 0 Å². The average molecular weight is 412 g/mol. The van der Waals surface area contributed by atoms with E-state index in [1.54, 1.807) is 11.0 Å². The highest BCUT2D eigenvalue weighted by molar-refractivity contribution is 7.22. The van der Waals surface area contributed by atoms with Crippen LogP contribution in [0, 0.1) is 5.82 Å². The molecule has 0 aliphatic rings. The van der Waals surface area contributed by atoms with Gasteiger partial charge in [-0.3, -0.25) is 9.69 Å². The molecule has 0 aliphatic carbocycles. The van der Waals surface area contributed by atoms with Crippen LogP contribution in [0.5, 0.6) is 0 Å².